The van der Waals surface area contributed by atoms with Gasteiger partial charge in [-0.1, -0.05) is 17.7 Å². The fourth-order valence-corrected chi connectivity index (χ4v) is 1.57. The van der Waals surface area contributed by atoms with Crippen molar-refractivity contribution in [2.75, 3.05) is 18.5 Å². The minimum atomic E-state index is -0.250. The molecule has 0 aromatic heterocycles. The quantitative estimate of drug-likeness (QED) is 0.812. The molecule has 0 heterocycles. The van der Waals surface area contributed by atoms with Crippen molar-refractivity contribution in [1.82, 2.24) is 0 Å². The summed E-state index contributed by atoms with van der Waals surface area (Å²) >= 11 is 0. The van der Waals surface area contributed by atoms with Gasteiger partial charge in [-0.3, -0.25) is 0 Å². The Bertz CT molecular complexity index is 431. The first-order chi connectivity index (χ1) is 8.74. The van der Waals surface area contributed by atoms with Gasteiger partial charge in [0.2, 0.25) is 0 Å². The van der Waals surface area contributed by atoms with Crippen LogP contribution in [0.3, 0.4) is 0 Å². The Morgan fingerprint density at radius 1 is 1.00 bits per heavy atom. The SMILES string of the molecule is Cc1ccc(NCCOc2ccc(F)cc2)cc1. The molecule has 2 rings (SSSR count). The molecule has 2 nitrogen and oxygen atoms in total. The number of hydrogen-bond acceptors (Lipinski definition) is 2. The van der Waals surface area contributed by atoms with Crippen LogP contribution in [-0.4, -0.2) is 13.2 Å². The third-order valence-corrected chi connectivity index (χ3v) is 2.57. The molecule has 0 amide bonds. The lowest BCUT2D eigenvalue weighted by molar-refractivity contribution is 0.332. The highest BCUT2D eigenvalue weighted by atomic mass is 19.1. The van der Waals surface area contributed by atoms with Crippen LogP contribution in [0.25, 0.3) is 0 Å². The van der Waals surface area contributed by atoms with Crippen LogP contribution in [0.2, 0.25) is 0 Å². The van der Waals surface area contributed by atoms with Gasteiger partial charge < -0.3 is 10.1 Å². The van der Waals surface area contributed by atoms with Crippen LogP contribution in [0.4, 0.5) is 10.1 Å². The van der Waals surface area contributed by atoms with E-state index in [-0.39, 0.29) is 5.82 Å². The van der Waals surface area contributed by atoms with Crippen molar-refractivity contribution in [2.45, 2.75) is 6.92 Å². The Kier molecular flexibility index (Phi) is 4.18. The van der Waals surface area contributed by atoms with E-state index in [4.69, 9.17) is 4.74 Å². The predicted octanol–water partition coefficient (Wildman–Crippen LogP) is 3.63. The van der Waals surface area contributed by atoms with E-state index in [0.29, 0.717) is 18.9 Å². The molecule has 2 aromatic rings. The van der Waals surface area contributed by atoms with Gasteiger partial charge in [0.05, 0.1) is 0 Å². The van der Waals surface area contributed by atoms with Crippen molar-refractivity contribution in [3.8, 4) is 5.75 Å². The Hall–Kier alpha value is -2.03. The van der Waals surface area contributed by atoms with E-state index in [1.165, 1.54) is 17.7 Å². The maximum atomic E-state index is 12.7. The van der Waals surface area contributed by atoms with Gasteiger partial charge in [-0.25, -0.2) is 4.39 Å². The van der Waals surface area contributed by atoms with Gasteiger partial charge in [0.1, 0.15) is 18.2 Å². The van der Waals surface area contributed by atoms with E-state index < -0.39 is 0 Å². The van der Waals surface area contributed by atoms with E-state index >= 15 is 0 Å². The number of rotatable bonds is 5. The maximum Gasteiger partial charge on any atom is 0.123 e. The molecule has 0 radical (unpaired) electrons. The summed E-state index contributed by atoms with van der Waals surface area (Å²) in [4.78, 5) is 0. The number of hydrogen-bond donors (Lipinski definition) is 1. The summed E-state index contributed by atoms with van der Waals surface area (Å²) in [6, 6.07) is 14.2. The highest BCUT2D eigenvalue weighted by molar-refractivity contribution is 5.44. The van der Waals surface area contributed by atoms with Crippen LogP contribution >= 0.6 is 0 Å². The van der Waals surface area contributed by atoms with Gasteiger partial charge in [0.15, 0.2) is 0 Å². The first-order valence-corrected chi connectivity index (χ1v) is 5.93. The number of aryl methyl sites for hydroxylation is 1. The standard InChI is InChI=1S/C15H16FNO/c1-12-2-6-14(7-3-12)17-10-11-18-15-8-4-13(16)5-9-15/h2-9,17H,10-11H2,1H3. The highest BCUT2D eigenvalue weighted by Gasteiger charge is 1.95. The molecule has 0 spiro atoms. The predicted molar refractivity (Wildman–Crippen MR) is 71.6 cm³/mol. The molecule has 0 bridgehead atoms. The number of anilines is 1. The molecular weight excluding hydrogens is 229 g/mol. The van der Waals surface area contributed by atoms with E-state index in [9.17, 15) is 4.39 Å². The van der Waals surface area contributed by atoms with E-state index in [2.05, 4.69) is 24.4 Å². The average Bonchev–Trinajstić information content (AvgIpc) is 2.39. The monoisotopic (exact) mass is 245 g/mol. The van der Waals surface area contributed by atoms with Crippen molar-refractivity contribution in [2.24, 2.45) is 0 Å². The normalized spacial score (nSPS) is 10.1. The Labute approximate surface area is 106 Å². The second-order valence-electron chi connectivity index (χ2n) is 4.10. The minimum Gasteiger partial charge on any atom is -0.492 e. The largest absolute Gasteiger partial charge is 0.492 e. The Balaban J connectivity index is 1.73. The molecule has 0 saturated heterocycles. The molecule has 0 aliphatic carbocycles. The van der Waals surface area contributed by atoms with Gasteiger partial charge in [0, 0.05) is 12.2 Å². The first-order valence-electron chi connectivity index (χ1n) is 5.93. The molecule has 94 valence electrons. The van der Waals surface area contributed by atoms with Crippen molar-refractivity contribution >= 4 is 5.69 Å². The minimum absolute atomic E-state index is 0.250. The molecule has 3 heteroatoms. The summed E-state index contributed by atoms with van der Waals surface area (Å²) in [5, 5.41) is 3.25. The zero-order valence-electron chi connectivity index (χ0n) is 10.3. The van der Waals surface area contributed by atoms with Gasteiger partial charge in [0.25, 0.3) is 0 Å². The summed E-state index contributed by atoms with van der Waals surface area (Å²) in [6.07, 6.45) is 0. The van der Waals surface area contributed by atoms with Crippen molar-refractivity contribution in [3.05, 3.63) is 59.9 Å². The lowest BCUT2D eigenvalue weighted by atomic mass is 10.2. The van der Waals surface area contributed by atoms with Gasteiger partial charge in [-0.05, 0) is 43.3 Å². The summed E-state index contributed by atoms with van der Waals surface area (Å²) < 4.78 is 18.1. The van der Waals surface area contributed by atoms with Crippen LogP contribution in [0.1, 0.15) is 5.56 Å². The second kappa shape index (κ2) is 6.05. The van der Waals surface area contributed by atoms with Crippen LogP contribution < -0.4 is 10.1 Å². The molecule has 0 aliphatic heterocycles. The molecule has 2 aromatic carbocycles. The maximum absolute atomic E-state index is 12.7. The lowest BCUT2D eigenvalue weighted by Gasteiger charge is -2.08. The molecule has 0 aliphatic rings. The van der Waals surface area contributed by atoms with Crippen LogP contribution in [0.15, 0.2) is 48.5 Å². The summed E-state index contributed by atoms with van der Waals surface area (Å²) in [5.41, 5.74) is 2.31. The fourth-order valence-electron chi connectivity index (χ4n) is 1.57. The summed E-state index contributed by atoms with van der Waals surface area (Å²) in [7, 11) is 0. The second-order valence-corrected chi connectivity index (χ2v) is 4.10. The third kappa shape index (κ3) is 3.77. The van der Waals surface area contributed by atoms with Crippen LogP contribution in [-0.2, 0) is 0 Å². The summed E-state index contributed by atoms with van der Waals surface area (Å²) in [5.74, 6) is 0.433. The highest BCUT2D eigenvalue weighted by Crippen LogP contribution is 2.11. The molecule has 18 heavy (non-hydrogen) atoms. The molecule has 0 unspecified atom stereocenters. The van der Waals surface area contributed by atoms with Crippen LogP contribution in [0.5, 0.6) is 5.75 Å². The van der Waals surface area contributed by atoms with E-state index in [0.717, 1.165) is 5.69 Å². The van der Waals surface area contributed by atoms with Crippen molar-refractivity contribution < 1.29 is 9.13 Å². The zero-order chi connectivity index (χ0) is 12.8. The molecule has 0 fully saturated rings. The number of ether oxygens (including phenoxy) is 1. The van der Waals surface area contributed by atoms with Crippen molar-refractivity contribution in [3.63, 3.8) is 0 Å². The zero-order valence-corrected chi connectivity index (χ0v) is 10.3. The average molecular weight is 245 g/mol. The smallest absolute Gasteiger partial charge is 0.123 e. The van der Waals surface area contributed by atoms with E-state index in [1.807, 2.05) is 12.1 Å². The topological polar surface area (TPSA) is 21.3 Å². The van der Waals surface area contributed by atoms with Crippen LogP contribution in [0, 0.1) is 12.7 Å². The molecule has 0 saturated carbocycles. The lowest BCUT2D eigenvalue weighted by Crippen LogP contribution is -2.11. The molecular formula is C15H16FNO. The van der Waals surface area contributed by atoms with Gasteiger partial charge in [-0.2, -0.15) is 0 Å². The van der Waals surface area contributed by atoms with Gasteiger partial charge in [-0.15, -0.1) is 0 Å². The summed E-state index contributed by atoms with van der Waals surface area (Å²) in [6.45, 7) is 3.31. The number of halogens is 1. The third-order valence-electron chi connectivity index (χ3n) is 2.57. The van der Waals surface area contributed by atoms with E-state index in [1.54, 1.807) is 12.1 Å². The molecule has 0 atom stereocenters. The van der Waals surface area contributed by atoms with Gasteiger partial charge >= 0.3 is 0 Å². The van der Waals surface area contributed by atoms with Crippen molar-refractivity contribution in [1.29, 1.82) is 0 Å². The Morgan fingerprint density at radius 3 is 2.33 bits per heavy atom. The first kappa shape index (κ1) is 12.4. The fraction of sp³-hybridized carbons (Fsp3) is 0.200. The number of nitrogens with one attached hydrogen (secondary N) is 1. The number of benzene rings is 2. The molecule has 1 N–H and O–H groups in total. The Morgan fingerprint density at radius 2 is 1.67 bits per heavy atom.